The number of rotatable bonds is 5. The molecule has 28 heavy (non-hydrogen) atoms. The molecule has 6 heteroatoms. The summed E-state index contributed by atoms with van der Waals surface area (Å²) >= 11 is 0. The Morgan fingerprint density at radius 1 is 0.929 bits per heavy atom. The van der Waals surface area contributed by atoms with Crippen molar-refractivity contribution >= 4 is 12.2 Å². The van der Waals surface area contributed by atoms with Crippen molar-refractivity contribution in [1.29, 1.82) is 0 Å². The normalized spacial score (nSPS) is 27.8. The molecule has 0 heterocycles. The van der Waals surface area contributed by atoms with Crippen LogP contribution in [0.1, 0.15) is 23.1 Å². The van der Waals surface area contributed by atoms with Crippen molar-refractivity contribution in [2.45, 2.75) is 37.8 Å². The summed E-state index contributed by atoms with van der Waals surface area (Å²) in [5.74, 6) is -0.264. The lowest BCUT2D eigenvalue weighted by atomic mass is 9.81. The molecule has 0 aromatic heterocycles. The zero-order chi connectivity index (χ0) is 20.3. The van der Waals surface area contributed by atoms with Crippen LogP contribution in [0.4, 0.5) is 0 Å². The molecule has 0 saturated heterocycles. The van der Waals surface area contributed by atoms with Gasteiger partial charge in [-0.25, -0.2) is 0 Å². The van der Waals surface area contributed by atoms with E-state index in [9.17, 15) is 25.5 Å². The number of phenolic OH excluding ortho intramolecular Hbond substituents is 1. The van der Waals surface area contributed by atoms with Gasteiger partial charge in [-0.3, -0.25) is 0 Å². The molecular formula is C22H26O6. The van der Waals surface area contributed by atoms with E-state index in [1.807, 2.05) is 43.3 Å². The molecule has 5 atom stereocenters. The number of phenols is 1. The Hall–Kier alpha value is -2.38. The summed E-state index contributed by atoms with van der Waals surface area (Å²) in [6, 6.07) is 12.7. The number of aliphatic hydroxyl groups excluding tert-OH is 4. The van der Waals surface area contributed by atoms with E-state index in [0.29, 0.717) is 11.3 Å². The van der Waals surface area contributed by atoms with E-state index in [4.69, 9.17) is 4.74 Å². The van der Waals surface area contributed by atoms with Crippen molar-refractivity contribution in [3.8, 4) is 11.5 Å². The fourth-order valence-corrected chi connectivity index (χ4v) is 3.39. The third kappa shape index (κ3) is 4.72. The second kappa shape index (κ2) is 8.75. The number of aliphatic hydroxyl groups is 4. The summed E-state index contributed by atoms with van der Waals surface area (Å²) in [4.78, 5) is 0. The molecule has 2 aromatic rings. The fraction of sp³-hybridized carbons (Fsp3) is 0.364. The SMILES string of the molecule is Cc1ccc(/C=C/c2cc(O)cc(OC3CC(CO)C(O)C(O)C3O)c2)cc1. The molecule has 1 aliphatic carbocycles. The molecule has 0 radical (unpaired) electrons. The van der Waals surface area contributed by atoms with Gasteiger partial charge >= 0.3 is 0 Å². The lowest BCUT2D eigenvalue weighted by Crippen LogP contribution is -2.56. The number of hydrogen-bond acceptors (Lipinski definition) is 6. The van der Waals surface area contributed by atoms with Crippen LogP contribution >= 0.6 is 0 Å². The van der Waals surface area contributed by atoms with Gasteiger partial charge in [-0.05, 0) is 36.6 Å². The van der Waals surface area contributed by atoms with E-state index in [-0.39, 0.29) is 18.8 Å². The van der Waals surface area contributed by atoms with Gasteiger partial charge in [-0.15, -0.1) is 0 Å². The molecule has 5 N–H and O–H groups in total. The summed E-state index contributed by atoms with van der Waals surface area (Å²) in [7, 11) is 0. The molecule has 0 aliphatic heterocycles. The van der Waals surface area contributed by atoms with Crippen LogP contribution in [-0.2, 0) is 0 Å². The largest absolute Gasteiger partial charge is 0.508 e. The second-order valence-electron chi connectivity index (χ2n) is 7.31. The molecule has 0 bridgehead atoms. The fourth-order valence-electron chi connectivity index (χ4n) is 3.39. The highest BCUT2D eigenvalue weighted by Gasteiger charge is 2.43. The van der Waals surface area contributed by atoms with E-state index in [0.717, 1.165) is 5.56 Å². The number of ether oxygens (including phenoxy) is 1. The summed E-state index contributed by atoms with van der Waals surface area (Å²) in [5, 5.41) is 49.5. The second-order valence-corrected chi connectivity index (χ2v) is 7.31. The average molecular weight is 386 g/mol. The Labute approximate surface area is 164 Å². The third-order valence-electron chi connectivity index (χ3n) is 5.08. The van der Waals surface area contributed by atoms with Crippen LogP contribution in [0.15, 0.2) is 42.5 Å². The van der Waals surface area contributed by atoms with Crippen LogP contribution < -0.4 is 4.74 Å². The van der Waals surface area contributed by atoms with Crippen LogP contribution in [0.5, 0.6) is 11.5 Å². The predicted octanol–water partition coefficient (Wildman–Crippen LogP) is 1.71. The number of aryl methyl sites for hydroxylation is 1. The minimum absolute atomic E-state index is 0.00523. The first-order chi connectivity index (χ1) is 13.4. The van der Waals surface area contributed by atoms with Crippen LogP contribution in [0.3, 0.4) is 0 Å². The van der Waals surface area contributed by atoms with Crippen molar-refractivity contribution < 1.29 is 30.3 Å². The molecule has 0 amide bonds. The van der Waals surface area contributed by atoms with Gasteiger partial charge in [0.25, 0.3) is 0 Å². The highest BCUT2D eigenvalue weighted by molar-refractivity contribution is 5.71. The topological polar surface area (TPSA) is 110 Å². The Kier molecular flexibility index (Phi) is 6.36. The minimum Gasteiger partial charge on any atom is -0.508 e. The van der Waals surface area contributed by atoms with Gasteiger partial charge in [-0.1, -0.05) is 42.0 Å². The highest BCUT2D eigenvalue weighted by atomic mass is 16.5. The van der Waals surface area contributed by atoms with Gasteiger partial charge in [0.15, 0.2) is 0 Å². The quantitative estimate of drug-likeness (QED) is 0.501. The molecule has 1 aliphatic rings. The van der Waals surface area contributed by atoms with E-state index >= 15 is 0 Å². The Morgan fingerprint density at radius 3 is 2.29 bits per heavy atom. The summed E-state index contributed by atoms with van der Waals surface area (Å²) in [5.41, 5.74) is 2.90. The summed E-state index contributed by atoms with van der Waals surface area (Å²) < 4.78 is 5.78. The lowest BCUT2D eigenvalue weighted by Gasteiger charge is -2.39. The van der Waals surface area contributed by atoms with Crippen molar-refractivity contribution in [2.24, 2.45) is 5.92 Å². The maximum atomic E-state index is 10.2. The third-order valence-corrected chi connectivity index (χ3v) is 5.08. The van der Waals surface area contributed by atoms with Gasteiger partial charge in [0, 0.05) is 18.6 Å². The van der Waals surface area contributed by atoms with E-state index in [1.54, 1.807) is 12.1 Å². The monoisotopic (exact) mass is 386 g/mol. The van der Waals surface area contributed by atoms with Crippen LogP contribution in [0.25, 0.3) is 12.2 Å². The van der Waals surface area contributed by atoms with Gasteiger partial charge in [0.2, 0.25) is 0 Å². The van der Waals surface area contributed by atoms with Crippen molar-refractivity contribution in [2.75, 3.05) is 6.61 Å². The average Bonchev–Trinajstić information content (AvgIpc) is 2.67. The van der Waals surface area contributed by atoms with Gasteiger partial charge in [0.1, 0.15) is 29.8 Å². The maximum Gasteiger partial charge on any atom is 0.128 e. The summed E-state index contributed by atoms with van der Waals surface area (Å²) in [6.45, 7) is 1.69. The Morgan fingerprint density at radius 2 is 1.61 bits per heavy atom. The van der Waals surface area contributed by atoms with Crippen molar-refractivity contribution in [3.63, 3.8) is 0 Å². The predicted molar refractivity (Wildman–Crippen MR) is 106 cm³/mol. The van der Waals surface area contributed by atoms with Crippen LogP contribution in [-0.4, -0.2) is 56.6 Å². The molecular weight excluding hydrogens is 360 g/mol. The van der Waals surface area contributed by atoms with E-state index in [2.05, 4.69) is 0 Å². The van der Waals surface area contributed by atoms with Gasteiger partial charge < -0.3 is 30.3 Å². The Bertz CT molecular complexity index is 814. The number of benzene rings is 2. The standard InChI is InChI=1S/C22H26O6/c1-13-2-4-14(5-3-13)6-7-15-8-17(24)11-18(9-15)28-19-10-16(12-23)20(25)22(27)21(19)26/h2-9,11,16,19-27H,10,12H2,1H3/b7-6+. The van der Waals surface area contributed by atoms with Crippen molar-refractivity contribution in [3.05, 3.63) is 59.2 Å². The zero-order valence-electron chi connectivity index (χ0n) is 15.6. The van der Waals surface area contributed by atoms with E-state index < -0.39 is 30.3 Å². The first kappa shape index (κ1) is 20.4. The molecule has 0 spiro atoms. The number of aromatic hydroxyl groups is 1. The molecule has 3 rings (SSSR count). The zero-order valence-corrected chi connectivity index (χ0v) is 15.6. The molecule has 6 nitrogen and oxygen atoms in total. The van der Waals surface area contributed by atoms with Gasteiger partial charge in [0.05, 0.1) is 6.10 Å². The first-order valence-corrected chi connectivity index (χ1v) is 9.28. The maximum absolute atomic E-state index is 10.2. The van der Waals surface area contributed by atoms with Crippen LogP contribution in [0.2, 0.25) is 0 Å². The molecule has 2 aromatic carbocycles. The first-order valence-electron chi connectivity index (χ1n) is 9.28. The summed E-state index contributed by atoms with van der Waals surface area (Å²) in [6.07, 6.45) is -0.803. The highest BCUT2D eigenvalue weighted by Crippen LogP contribution is 2.31. The van der Waals surface area contributed by atoms with Crippen LogP contribution in [0, 0.1) is 12.8 Å². The molecule has 1 saturated carbocycles. The molecule has 150 valence electrons. The van der Waals surface area contributed by atoms with E-state index in [1.165, 1.54) is 11.6 Å². The minimum atomic E-state index is -1.41. The molecule has 1 fully saturated rings. The smallest absolute Gasteiger partial charge is 0.128 e. The lowest BCUT2D eigenvalue weighted by molar-refractivity contribution is -0.156. The van der Waals surface area contributed by atoms with Gasteiger partial charge in [-0.2, -0.15) is 0 Å². The Balaban J connectivity index is 1.76. The number of hydrogen-bond donors (Lipinski definition) is 5. The van der Waals surface area contributed by atoms with Crippen molar-refractivity contribution in [1.82, 2.24) is 0 Å². The molecule has 5 unspecified atom stereocenters.